The zero-order valence-corrected chi connectivity index (χ0v) is 45.3. The molecule has 0 amide bonds. The van der Waals surface area contributed by atoms with Crippen molar-refractivity contribution in [2.75, 3.05) is 13.2 Å². The van der Waals surface area contributed by atoms with Crippen molar-refractivity contribution in [3.05, 3.63) is 0 Å². The van der Waals surface area contributed by atoms with Gasteiger partial charge in [-0.2, -0.15) is 0 Å². The lowest BCUT2D eigenvalue weighted by atomic mass is 9.99. The van der Waals surface area contributed by atoms with E-state index in [0.717, 1.165) is 69.6 Å². The van der Waals surface area contributed by atoms with Gasteiger partial charge in [-0.05, 0) is 31.1 Å². The van der Waals surface area contributed by atoms with Crippen LogP contribution in [0.15, 0.2) is 0 Å². The van der Waals surface area contributed by atoms with Crippen LogP contribution in [0.5, 0.6) is 0 Å². The molecule has 0 saturated heterocycles. The summed E-state index contributed by atoms with van der Waals surface area (Å²) in [7, 11) is 0. The Balaban J connectivity index is 4.29. The highest BCUT2D eigenvalue weighted by Crippen LogP contribution is 2.19. The molecule has 0 spiro atoms. The summed E-state index contributed by atoms with van der Waals surface area (Å²) in [5.74, 6) is 0.876. The summed E-state index contributed by atoms with van der Waals surface area (Å²) in [6, 6.07) is 0. The van der Waals surface area contributed by atoms with Gasteiger partial charge in [0.1, 0.15) is 13.2 Å². The Kier molecular flexibility index (Phi) is 51.5. The fourth-order valence-corrected chi connectivity index (χ4v) is 9.20. The van der Waals surface area contributed by atoms with Crippen molar-refractivity contribution >= 4 is 17.9 Å². The fraction of sp³-hybridized carbons (Fsp3) is 0.950. The van der Waals surface area contributed by atoms with Crippen molar-refractivity contribution in [2.24, 2.45) is 11.8 Å². The number of carbonyl (C=O) groups excluding carboxylic acids is 3. The second-order valence-electron chi connectivity index (χ2n) is 21.4. The third kappa shape index (κ3) is 51.8. The van der Waals surface area contributed by atoms with Crippen LogP contribution in [-0.4, -0.2) is 37.2 Å². The van der Waals surface area contributed by atoms with Crippen LogP contribution in [0.3, 0.4) is 0 Å². The molecule has 0 aliphatic rings. The van der Waals surface area contributed by atoms with Crippen molar-refractivity contribution in [3.8, 4) is 0 Å². The smallest absolute Gasteiger partial charge is 0.306 e. The van der Waals surface area contributed by atoms with Crippen molar-refractivity contribution in [3.63, 3.8) is 0 Å². The van der Waals surface area contributed by atoms with Gasteiger partial charge in [0.05, 0.1) is 0 Å². The molecule has 2 atom stereocenters. The molecule has 0 N–H and O–H groups in total. The number of hydrogen-bond donors (Lipinski definition) is 0. The largest absolute Gasteiger partial charge is 0.462 e. The molecule has 0 bridgehead atoms. The van der Waals surface area contributed by atoms with E-state index < -0.39 is 6.10 Å². The van der Waals surface area contributed by atoms with Crippen LogP contribution in [0, 0.1) is 11.8 Å². The Morgan fingerprint density at radius 2 is 0.576 bits per heavy atom. The maximum atomic E-state index is 12.9. The molecule has 0 heterocycles. The van der Waals surface area contributed by atoms with Crippen LogP contribution < -0.4 is 0 Å². The third-order valence-corrected chi connectivity index (χ3v) is 14.1. The van der Waals surface area contributed by atoms with Crippen molar-refractivity contribution in [2.45, 2.75) is 343 Å². The van der Waals surface area contributed by atoms with E-state index in [0.29, 0.717) is 19.3 Å². The average Bonchev–Trinajstić information content (AvgIpc) is 3.30. The lowest BCUT2D eigenvalue weighted by molar-refractivity contribution is -0.167. The quantitative estimate of drug-likeness (QED) is 0.0343. The normalized spacial score (nSPS) is 12.5. The van der Waals surface area contributed by atoms with Gasteiger partial charge < -0.3 is 14.2 Å². The molecule has 6 nitrogen and oxygen atoms in total. The summed E-state index contributed by atoms with van der Waals surface area (Å²) in [6.45, 7) is 11.4. The number of ether oxygens (including phenoxy) is 3. The maximum absolute atomic E-state index is 12.9. The predicted octanol–water partition coefficient (Wildman–Crippen LogP) is 19.7. The molecule has 0 fully saturated rings. The van der Waals surface area contributed by atoms with Crippen molar-refractivity contribution in [1.29, 1.82) is 0 Å². The van der Waals surface area contributed by atoms with Crippen LogP contribution in [0.1, 0.15) is 336 Å². The van der Waals surface area contributed by atoms with Crippen LogP contribution in [-0.2, 0) is 28.6 Å². The van der Waals surface area contributed by atoms with Gasteiger partial charge in [-0.25, -0.2) is 0 Å². The van der Waals surface area contributed by atoms with Crippen LogP contribution >= 0.6 is 0 Å². The van der Waals surface area contributed by atoms with E-state index in [1.165, 1.54) is 225 Å². The molecule has 0 radical (unpaired) electrons. The summed E-state index contributed by atoms with van der Waals surface area (Å²) >= 11 is 0. The first-order valence-corrected chi connectivity index (χ1v) is 29.8. The highest BCUT2D eigenvalue weighted by atomic mass is 16.6. The highest BCUT2D eigenvalue weighted by molar-refractivity contribution is 5.71. The molecule has 0 aromatic rings. The number of esters is 3. The summed E-state index contributed by atoms with van der Waals surface area (Å²) < 4.78 is 16.9. The van der Waals surface area contributed by atoms with Gasteiger partial charge in [0.2, 0.25) is 0 Å². The molecule has 66 heavy (non-hydrogen) atoms. The Bertz CT molecular complexity index is 1010. The number of hydrogen-bond acceptors (Lipinski definition) is 6. The van der Waals surface area contributed by atoms with E-state index in [2.05, 4.69) is 34.6 Å². The van der Waals surface area contributed by atoms with Crippen LogP contribution in [0.25, 0.3) is 0 Å². The lowest BCUT2D eigenvalue weighted by Crippen LogP contribution is -2.30. The molecule has 0 rings (SSSR count). The molecular formula is C60H116O6. The summed E-state index contributed by atoms with van der Waals surface area (Å²) in [5.41, 5.74) is 0. The molecule has 1 unspecified atom stereocenters. The highest BCUT2D eigenvalue weighted by Gasteiger charge is 2.19. The van der Waals surface area contributed by atoms with Crippen molar-refractivity contribution in [1.82, 2.24) is 0 Å². The molecule has 0 saturated carbocycles. The minimum atomic E-state index is -0.763. The van der Waals surface area contributed by atoms with Gasteiger partial charge in [0.25, 0.3) is 0 Å². The number of carbonyl (C=O) groups is 3. The Labute approximate surface area is 412 Å². The average molecular weight is 934 g/mol. The van der Waals surface area contributed by atoms with Gasteiger partial charge in [0.15, 0.2) is 6.10 Å². The standard InChI is InChI=1S/C60H116O6/c1-6-8-9-10-11-12-13-14-15-16-17-22-25-32-37-42-47-52-60(63)66-57(54-65-59(62)51-46-41-36-31-27-26-28-33-38-43-48-55(3)4)53-64-58(61)50-45-40-35-30-24-21-19-18-20-23-29-34-39-44-49-56(5)7-2/h55-57H,6-54H2,1-5H3/t56?,57-/m1/s1. The second-order valence-corrected chi connectivity index (χ2v) is 21.4. The van der Waals surface area contributed by atoms with E-state index in [4.69, 9.17) is 14.2 Å². The monoisotopic (exact) mass is 933 g/mol. The predicted molar refractivity (Wildman–Crippen MR) is 284 cm³/mol. The van der Waals surface area contributed by atoms with Gasteiger partial charge in [0, 0.05) is 19.3 Å². The Morgan fingerprint density at radius 3 is 0.864 bits per heavy atom. The van der Waals surface area contributed by atoms with E-state index in [1.807, 2.05) is 0 Å². The molecule has 6 heteroatoms. The number of unbranched alkanes of at least 4 members (excludes halogenated alkanes) is 38. The van der Waals surface area contributed by atoms with E-state index in [9.17, 15) is 14.4 Å². The van der Waals surface area contributed by atoms with E-state index in [1.54, 1.807) is 0 Å². The maximum Gasteiger partial charge on any atom is 0.306 e. The molecule has 0 aromatic carbocycles. The molecular weight excluding hydrogens is 817 g/mol. The van der Waals surface area contributed by atoms with Crippen LogP contribution in [0.2, 0.25) is 0 Å². The first-order chi connectivity index (χ1) is 32.3. The summed E-state index contributed by atoms with van der Waals surface area (Å²) in [5, 5.41) is 0. The van der Waals surface area contributed by atoms with Crippen molar-refractivity contribution < 1.29 is 28.6 Å². The summed E-state index contributed by atoms with van der Waals surface area (Å²) in [4.78, 5) is 38.2. The van der Waals surface area contributed by atoms with Gasteiger partial charge in [-0.1, -0.05) is 298 Å². The Hall–Kier alpha value is -1.59. The van der Waals surface area contributed by atoms with Gasteiger partial charge >= 0.3 is 17.9 Å². The van der Waals surface area contributed by atoms with Crippen LogP contribution in [0.4, 0.5) is 0 Å². The second kappa shape index (κ2) is 52.8. The molecule has 0 aliphatic heterocycles. The molecule has 0 aromatic heterocycles. The number of rotatable bonds is 54. The first-order valence-electron chi connectivity index (χ1n) is 29.8. The lowest BCUT2D eigenvalue weighted by Gasteiger charge is -2.18. The molecule has 392 valence electrons. The van der Waals surface area contributed by atoms with E-state index in [-0.39, 0.29) is 31.1 Å². The minimum Gasteiger partial charge on any atom is -0.462 e. The van der Waals surface area contributed by atoms with E-state index >= 15 is 0 Å². The topological polar surface area (TPSA) is 78.9 Å². The Morgan fingerprint density at radius 1 is 0.318 bits per heavy atom. The molecule has 0 aliphatic carbocycles. The zero-order chi connectivity index (χ0) is 48.2. The van der Waals surface area contributed by atoms with Gasteiger partial charge in [-0.15, -0.1) is 0 Å². The fourth-order valence-electron chi connectivity index (χ4n) is 9.20. The first kappa shape index (κ1) is 64.4. The summed E-state index contributed by atoms with van der Waals surface area (Å²) in [6.07, 6.45) is 56.6. The van der Waals surface area contributed by atoms with Gasteiger partial charge in [-0.3, -0.25) is 14.4 Å². The SMILES string of the molecule is CCCCCCCCCCCCCCCCCCCC(=O)O[C@H](COC(=O)CCCCCCCCCCCCCCCCC(C)CC)COC(=O)CCCCCCCCCCCCC(C)C. The minimum absolute atomic E-state index is 0.0626. The third-order valence-electron chi connectivity index (χ3n) is 14.1. The zero-order valence-electron chi connectivity index (χ0n) is 45.3.